The van der Waals surface area contributed by atoms with Crippen molar-refractivity contribution >= 4 is 60.0 Å². The summed E-state index contributed by atoms with van der Waals surface area (Å²) in [5.41, 5.74) is 23.6. The predicted molar refractivity (Wildman–Crippen MR) is 259 cm³/mol. The van der Waals surface area contributed by atoms with Crippen molar-refractivity contribution in [2.75, 3.05) is 0 Å². The van der Waals surface area contributed by atoms with E-state index in [0.717, 1.165) is 11.3 Å². The summed E-state index contributed by atoms with van der Waals surface area (Å²) < 4.78 is 4.82. The molecule has 4 nitrogen and oxygen atoms in total. The number of hydrogen-bond donors (Lipinski definition) is 2. The van der Waals surface area contributed by atoms with Crippen molar-refractivity contribution in [2.45, 2.75) is 33.0 Å². The van der Waals surface area contributed by atoms with E-state index in [-0.39, 0.29) is 12.2 Å². The van der Waals surface area contributed by atoms with Crippen LogP contribution in [0.4, 0.5) is 0 Å². The Morgan fingerprint density at radius 3 is 1.93 bits per heavy atom. The molecule has 0 radical (unpaired) electrons. The minimum atomic E-state index is -0.347. The van der Waals surface area contributed by atoms with Crippen LogP contribution in [0.15, 0.2) is 200 Å². The fourth-order valence-corrected chi connectivity index (χ4v) is 9.78. The Balaban J connectivity index is 0.971. The molecule has 294 valence electrons. The minimum absolute atomic E-state index is 0.00232. The van der Waals surface area contributed by atoms with Gasteiger partial charge < -0.3 is 14.9 Å². The summed E-state index contributed by atoms with van der Waals surface area (Å²) in [5, 5.41) is 11.2. The van der Waals surface area contributed by atoms with Gasteiger partial charge in [0.05, 0.1) is 34.3 Å². The molecule has 11 rings (SSSR count). The van der Waals surface area contributed by atoms with Crippen LogP contribution >= 0.6 is 0 Å². The summed E-state index contributed by atoms with van der Waals surface area (Å²) >= 11 is 0. The lowest BCUT2D eigenvalue weighted by Gasteiger charge is -2.25. The number of hydrogen-bond acceptors (Lipinski definition) is 2. The highest BCUT2D eigenvalue weighted by atomic mass is 15.1. The molecule has 0 spiro atoms. The highest BCUT2D eigenvalue weighted by Gasteiger charge is 2.20. The third-order valence-electron chi connectivity index (χ3n) is 12.7. The van der Waals surface area contributed by atoms with E-state index in [0.29, 0.717) is 0 Å². The Hall–Kier alpha value is -7.24. The van der Waals surface area contributed by atoms with Crippen LogP contribution in [0, 0.1) is 13.8 Å². The van der Waals surface area contributed by atoms with E-state index >= 15 is 0 Å². The molecule has 0 saturated carbocycles. The van der Waals surface area contributed by atoms with E-state index in [1.165, 1.54) is 99.0 Å². The number of aryl methyl sites for hydroxylation is 2. The fourth-order valence-electron chi connectivity index (χ4n) is 9.78. The fraction of sp³-hybridized carbons (Fsp3) is 0.0877. The number of rotatable bonds is 7. The maximum atomic E-state index is 6.88. The second-order valence-corrected chi connectivity index (χ2v) is 16.6. The molecule has 0 amide bonds. The Morgan fingerprint density at radius 1 is 0.541 bits per heavy atom. The van der Waals surface area contributed by atoms with Crippen LogP contribution in [0.1, 0.15) is 35.3 Å². The molecule has 8 aromatic carbocycles. The molecule has 0 aliphatic heterocycles. The largest absolute Gasteiger partial charge is 0.312 e. The molecular weight excluding hydrogens is 741 g/mol. The number of nitrogens with one attached hydrogen (secondary N) is 1. The third kappa shape index (κ3) is 6.31. The number of para-hydroxylation sites is 1. The lowest BCUT2D eigenvalue weighted by molar-refractivity contribution is 0.533. The second-order valence-electron chi connectivity index (χ2n) is 16.6. The van der Waals surface area contributed by atoms with Gasteiger partial charge >= 0.3 is 0 Å². The molecule has 3 N–H and O–H groups in total. The number of aromatic nitrogens is 2. The maximum absolute atomic E-state index is 6.88. The second kappa shape index (κ2) is 14.8. The molecule has 10 aromatic rings. The van der Waals surface area contributed by atoms with Crippen LogP contribution in [0.2, 0.25) is 0 Å². The highest BCUT2D eigenvalue weighted by molar-refractivity contribution is 6.22. The standard InChI is InChI=1S/C57H46N4/c1-36-31-37(2)33-45(32-36)61-54-29-25-43(35-50(54)56-47-17-8-7-15-40(47)23-30-55(56)61)42-24-28-53-49(34-42)48-18-10-12-20-52(48)60(53)44-26-21-41(22-27-44)57(58)59-51-19-11-9-16-46(51)38(3)39-13-5-4-6-14-39/h4-35,51,57,59H,58H2,1-3H3/b46-38+. The Morgan fingerprint density at radius 2 is 1.16 bits per heavy atom. The summed E-state index contributed by atoms with van der Waals surface area (Å²) in [7, 11) is 0. The Bertz CT molecular complexity index is 3410. The predicted octanol–water partition coefficient (Wildman–Crippen LogP) is 13.8. The van der Waals surface area contributed by atoms with Crippen LogP contribution in [-0.2, 0) is 0 Å². The average molecular weight is 787 g/mol. The van der Waals surface area contributed by atoms with Crippen LogP contribution in [0.25, 0.3) is 82.5 Å². The van der Waals surface area contributed by atoms with Crippen molar-refractivity contribution in [1.29, 1.82) is 0 Å². The number of fused-ring (bicyclic) bond motifs is 8. The normalized spacial score (nSPS) is 15.4. The van der Waals surface area contributed by atoms with Gasteiger partial charge in [0, 0.05) is 32.9 Å². The third-order valence-corrected chi connectivity index (χ3v) is 12.7. The van der Waals surface area contributed by atoms with Crippen molar-refractivity contribution in [3.05, 3.63) is 222 Å². The summed E-state index contributed by atoms with van der Waals surface area (Å²) in [5.74, 6) is 0. The first-order chi connectivity index (χ1) is 29.9. The van der Waals surface area contributed by atoms with Crippen LogP contribution < -0.4 is 11.1 Å². The monoisotopic (exact) mass is 786 g/mol. The zero-order valence-corrected chi connectivity index (χ0v) is 34.6. The van der Waals surface area contributed by atoms with E-state index in [9.17, 15) is 0 Å². The number of allylic oxidation sites excluding steroid dienone is 3. The zero-order valence-electron chi connectivity index (χ0n) is 34.6. The lowest BCUT2D eigenvalue weighted by Crippen LogP contribution is -2.38. The number of benzene rings is 8. The van der Waals surface area contributed by atoms with Gasteiger partial charge in [-0.2, -0.15) is 0 Å². The topological polar surface area (TPSA) is 47.9 Å². The van der Waals surface area contributed by atoms with Crippen molar-refractivity contribution in [1.82, 2.24) is 14.5 Å². The van der Waals surface area contributed by atoms with Gasteiger partial charge in [0.2, 0.25) is 0 Å². The van der Waals surface area contributed by atoms with Crippen molar-refractivity contribution in [3.63, 3.8) is 0 Å². The van der Waals surface area contributed by atoms with Crippen molar-refractivity contribution in [3.8, 4) is 22.5 Å². The first-order valence-corrected chi connectivity index (χ1v) is 21.2. The summed E-state index contributed by atoms with van der Waals surface area (Å²) in [6, 6.07) is 62.1. The first-order valence-electron chi connectivity index (χ1n) is 21.2. The van der Waals surface area contributed by atoms with Crippen LogP contribution in [-0.4, -0.2) is 15.2 Å². The Labute approximate surface area is 356 Å². The van der Waals surface area contributed by atoms with Crippen molar-refractivity contribution in [2.24, 2.45) is 5.73 Å². The minimum Gasteiger partial charge on any atom is -0.312 e. The van der Waals surface area contributed by atoms with Crippen LogP contribution in [0.3, 0.4) is 0 Å². The maximum Gasteiger partial charge on any atom is 0.0817 e. The smallest absolute Gasteiger partial charge is 0.0817 e. The van der Waals surface area contributed by atoms with Crippen molar-refractivity contribution < 1.29 is 0 Å². The van der Waals surface area contributed by atoms with E-state index in [1.807, 2.05) is 0 Å². The molecule has 2 atom stereocenters. The van der Waals surface area contributed by atoms with E-state index in [4.69, 9.17) is 5.73 Å². The lowest BCUT2D eigenvalue weighted by atomic mass is 9.92. The van der Waals surface area contributed by atoms with Gasteiger partial charge in [0.25, 0.3) is 0 Å². The van der Waals surface area contributed by atoms with Gasteiger partial charge in [-0.1, -0.05) is 133 Å². The first kappa shape index (κ1) is 36.8. The summed E-state index contributed by atoms with van der Waals surface area (Å²) in [6.07, 6.45) is 8.22. The zero-order chi connectivity index (χ0) is 41.2. The molecule has 2 aromatic heterocycles. The van der Waals surface area contributed by atoms with Gasteiger partial charge in [-0.3, -0.25) is 5.32 Å². The average Bonchev–Trinajstić information content (AvgIpc) is 3.81. The molecule has 0 bridgehead atoms. The molecule has 2 heterocycles. The van der Waals surface area contributed by atoms with E-state index in [2.05, 4.69) is 229 Å². The van der Waals surface area contributed by atoms with E-state index < -0.39 is 0 Å². The summed E-state index contributed by atoms with van der Waals surface area (Å²) in [4.78, 5) is 0. The Kier molecular flexibility index (Phi) is 8.93. The molecule has 4 heteroatoms. The van der Waals surface area contributed by atoms with Crippen LogP contribution in [0.5, 0.6) is 0 Å². The highest BCUT2D eigenvalue weighted by Crippen LogP contribution is 2.41. The van der Waals surface area contributed by atoms with Gasteiger partial charge in [-0.05, 0) is 137 Å². The molecule has 61 heavy (non-hydrogen) atoms. The van der Waals surface area contributed by atoms with Gasteiger partial charge in [0.1, 0.15) is 0 Å². The molecule has 1 aliphatic carbocycles. The SMILES string of the molecule is C/C(=C1/C=CC=CC1NC(N)c1ccc(-n2c3ccccc3c3cc(-c4ccc5c(c4)c4c6ccccc6ccc4n5-c4cc(C)cc(C)c4)ccc32)cc1)c1ccccc1. The quantitative estimate of drug-likeness (QED) is 0.158. The van der Waals surface area contributed by atoms with Gasteiger partial charge in [-0.25, -0.2) is 0 Å². The molecule has 0 fully saturated rings. The number of nitrogens with two attached hydrogens (primary N) is 1. The van der Waals surface area contributed by atoms with Gasteiger partial charge in [0.15, 0.2) is 0 Å². The van der Waals surface area contributed by atoms with Gasteiger partial charge in [-0.15, -0.1) is 0 Å². The summed E-state index contributed by atoms with van der Waals surface area (Å²) in [6.45, 7) is 6.55. The molecular formula is C57H46N4. The van der Waals surface area contributed by atoms with E-state index in [1.54, 1.807) is 0 Å². The molecule has 0 saturated heterocycles. The molecule has 2 unspecified atom stereocenters. The molecule has 1 aliphatic rings. The number of nitrogens with zero attached hydrogens (tertiary/aromatic N) is 2.